The molecule has 1 fully saturated rings. The molecule has 3 aromatic carbocycles. The van der Waals surface area contributed by atoms with E-state index in [2.05, 4.69) is 22.8 Å². The number of hydrogen-bond acceptors (Lipinski definition) is 7. The highest BCUT2D eigenvalue weighted by atomic mass is 32.2. The minimum absolute atomic E-state index is 0.234. The van der Waals surface area contributed by atoms with E-state index in [1.165, 1.54) is 16.9 Å². The van der Waals surface area contributed by atoms with Gasteiger partial charge in [0.1, 0.15) is 9.96 Å². The van der Waals surface area contributed by atoms with Crippen molar-refractivity contribution in [3.63, 3.8) is 0 Å². The van der Waals surface area contributed by atoms with E-state index < -0.39 is 10.0 Å². The first kappa shape index (κ1) is 31.9. The first-order chi connectivity index (χ1) is 20.8. The fourth-order valence-corrected chi connectivity index (χ4v) is 7.43. The summed E-state index contributed by atoms with van der Waals surface area (Å²) in [6.45, 7) is 2.04. The highest BCUT2D eigenvalue weighted by molar-refractivity contribution is 7.91. The van der Waals surface area contributed by atoms with Crippen LogP contribution in [0.25, 0.3) is 0 Å². The Morgan fingerprint density at radius 1 is 0.884 bits per heavy atom. The number of amides is 2. The Morgan fingerprint density at radius 2 is 1.53 bits per heavy atom. The number of carbonyl (C=O) groups is 2. The fraction of sp³-hybridized carbons (Fsp3) is 0.250. The van der Waals surface area contributed by atoms with Crippen LogP contribution >= 0.6 is 11.3 Å². The molecule has 0 aliphatic carbocycles. The number of rotatable bonds is 10. The number of primary amides is 1. The summed E-state index contributed by atoms with van der Waals surface area (Å²) in [7, 11) is -1.99. The molecule has 4 aromatic rings. The van der Waals surface area contributed by atoms with E-state index in [0.717, 1.165) is 24.3 Å². The van der Waals surface area contributed by atoms with Crippen molar-refractivity contribution in [2.24, 2.45) is 5.73 Å². The molecule has 43 heavy (non-hydrogen) atoms. The predicted octanol–water partition coefficient (Wildman–Crippen LogP) is 4.42. The first-order valence-corrected chi connectivity index (χ1v) is 16.1. The average Bonchev–Trinajstić information content (AvgIpc) is 3.54. The molecular weight excluding hydrogens is 585 g/mol. The zero-order valence-corrected chi connectivity index (χ0v) is 25.6. The minimum Gasteiger partial charge on any atom is -0.497 e. The van der Waals surface area contributed by atoms with Crippen LogP contribution in [0.15, 0.2) is 101 Å². The smallest absolute Gasteiger partial charge is 0.252 e. The molecule has 226 valence electrons. The molecule has 11 heteroatoms. The SMILES string of the molecule is COc1cccc(C(=O)NCc2ccc(S(=O)(=O)N3CCC(NCc4ccccc4)CC3)s2)c1.NC(=O)c1ccccc1. The van der Waals surface area contributed by atoms with Crippen LogP contribution in [-0.4, -0.2) is 50.8 Å². The Morgan fingerprint density at radius 3 is 2.16 bits per heavy atom. The van der Waals surface area contributed by atoms with Crippen LogP contribution in [0.2, 0.25) is 0 Å². The van der Waals surface area contributed by atoms with Gasteiger partial charge in [-0.2, -0.15) is 4.31 Å². The number of sulfonamides is 1. The summed E-state index contributed by atoms with van der Waals surface area (Å²) in [5.74, 6) is -0.00595. The van der Waals surface area contributed by atoms with Gasteiger partial charge in [-0.25, -0.2) is 8.42 Å². The van der Waals surface area contributed by atoms with E-state index in [1.807, 2.05) is 24.3 Å². The molecule has 2 heterocycles. The van der Waals surface area contributed by atoms with Crippen LogP contribution in [0.3, 0.4) is 0 Å². The van der Waals surface area contributed by atoms with Gasteiger partial charge < -0.3 is 21.1 Å². The number of nitrogens with one attached hydrogen (secondary N) is 2. The van der Waals surface area contributed by atoms with Gasteiger partial charge in [0.15, 0.2) is 0 Å². The molecular formula is C32H36N4O5S2. The number of nitrogens with zero attached hydrogens (tertiary/aromatic N) is 1. The van der Waals surface area contributed by atoms with Crippen molar-refractivity contribution in [3.05, 3.63) is 119 Å². The van der Waals surface area contributed by atoms with Crippen molar-refractivity contribution >= 4 is 33.2 Å². The van der Waals surface area contributed by atoms with Crippen molar-refractivity contribution in [1.29, 1.82) is 0 Å². The maximum atomic E-state index is 13.1. The van der Waals surface area contributed by atoms with E-state index in [0.29, 0.717) is 40.2 Å². The number of benzene rings is 3. The van der Waals surface area contributed by atoms with Crippen LogP contribution in [0.5, 0.6) is 5.75 Å². The highest BCUT2D eigenvalue weighted by Crippen LogP contribution is 2.27. The number of piperidine rings is 1. The summed E-state index contributed by atoms with van der Waals surface area (Å²) >= 11 is 1.20. The van der Waals surface area contributed by atoms with Crippen molar-refractivity contribution in [2.45, 2.75) is 36.2 Å². The largest absolute Gasteiger partial charge is 0.497 e. The molecule has 4 N–H and O–H groups in total. The topological polar surface area (TPSA) is 131 Å². The molecule has 0 spiro atoms. The highest BCUT2D eigenvalue weighted by Gasteiger charge is 2.30. The fourth-order valence-electron chi connectivity index (χ4n) is 4.51. The predicted molar refractivity (Wildman–Crippen MR) is 169 cm³/mol. The molecule has 5 rings (SSSR count). The Balaban J connectivity index is 0.000000403. The van der Waals surface area contributed by atoms with Crippen LogP contribution in [-0.2, 0) is 23.1 Å². The lowest BCUT2D eigenvalue weighted by Crippen LogP contribution is -2.44. The number of thiophene rings is 1. The lowest BCUT2D eigenvalue weighted by atomic mass is 10.1. The van der Waals surface area contributed by atoms with E-state index in [9.17, 15) is 18.0 Å². The second kappa shape index (κ2) is 15.4. The molecule has 2 amide bonds. The monoisotopic (exact) mass is 620 g/mol. The Bertz CT molecular complexity index is 1590. The Hall–Kier alpha value is -4.03. The van der Waals surface area contributed by atoms with Crippen LogP contribution in [0.4, 0.5) is 0 Å². The number of nitrogens with two attached hydrogens (primary N) is 1. The summed E-state index contributed by atoms with van der Waals surface area (Å²) in [5, 5.41) is 6.38. The first-order valence-electron chi connectivity index (χ1n) is 13.9. The van der Waals surface area contributed by atoms with E-state index in [4.69, 9.17) is 10.5 Å². The van der Waals surface area contributed by atoms with Gasteiger partial charge in [-0.1, -0.05) is 54.6 Å². The molecule has 0 atom stereocenters. The molecule has 1 aliphatic rings. The minimum atomic E-state index is -3.54. The van der Waals surface area contributed by atoms with Gasteiger partial charge in [0.2, 0.25) is 5.91 Å². The van der Waals surface area contributed by atoms with Gasteiger partial charge >= 0.3 is 0 Å². The summed E-state index contributed by atoms with van der Waals surface area (Å²) in [6.07, 6.45) is 1.56. The number of ether oxygens (including phenoxy) is 1. The quantitative estimate of drug-likeness (QED) is 0.241. The standard InChI is InChI=1S/C25H29N3O4S2.C7H7NO/c1-32-22-9-5-8-20(16-22)25(29)27-18-23-10-11-24(33-23)34(30,31)28-14-12-21(13-15-28)26-17-19-6-3-2-4-7-19;8-7(9)6-4-2-1-3-5-6/h2-11,16,21,26H,12-15,17-18H2,1H3,(H,27,29);1-5H,(H2,8,9). The zero-order valence-electron chi connectivity index (χ0n) is 23.9. The summed E-state index contributed by atoms with van der Waals surface area (Å²) in [6, 6.07) is 29.6. The van der Waals surface area contributed by atoms with Crippen LogP contribution in [0.1, 0.15) is 44.0 Å². The second-order valence-electron chi connectivity index (χ2n) is 9.91. The van der Waals surface area contributed by atoms with Crippen molar-refractivity contribution in [3.8, 4) is 5.75 Å². The van der Waals surface area contributed by atoms with Crippen LogP contribution < -0.4 is 21.1 Å². The molecule has 0 bridgehead atoms. The molecule has 0 unspecified atom stereocenters. The molecule has 1 saturated heterocycles. The van der Waals surface area contributed by atoms with Gasteiger partial charge in [0.05, 0.1) is 13.7 Å². The van der Waals surface area contributed by atoms with Gasteiger partial charge in [-0.05, 0) is 60.9 Å². The molecule has 1 aliphatic heterocycles. The van der Waals surface area contributed by atoms with E-state index >= 15 is 0 Å². The summed E-state index contributed by atoms with van der Waals surface area (Å²) in [5.41, 5.74) is 7.25. The maximum absolute atomic E-state index is 13.1. The normalized spacial score (nSPS) is 13.9. The molecule has 0 radical (unpaired) electrons. The van der Waals surface area contributed by atoms with E-state index in [1.54, 1.807) is 72.1 Å². The summed E-state index contributed by atoms with van der Waals surface area (Å²) in [4.78, 5) is 23.6. The second-order valence-corrected chi connectivity index (χ2v) is 13.2. The molecule has 1 aromatic heterocycles. The molecule has 9 nitrogen and oxygen atoms in total. The zero-order chi connectivity index (χ0) is 30.7. The Kier molecular flexibility index (Phi) is 11.5. The van der Waals surface area contributed by atoms with Gasteiger partial charge in [-0.15, -0.1) is 11.3 Å². The average molecular weight is 621 g/mol. The van der Waals surface area contributed by atoms with E-state index in [-0.39, 0.29) is 18.4 Å². The van der Waals surface area contributed by atoms with Crippen molar-refractivity contribution in [2.75, 3.05) is 20.2 Å². The lowest BCUT2D eigenvalue weighted by Gasteiger charge is -2.31. The lowest BCUT2D eigenvalue weighted by molar-refractivity contribution is 0.0949. The van der Waals surface area contributed by atoms with Gasteiger partial charge in [-0.3, -0.25) is 9.59 Å². The van der Waals surface area contributed by atoms with Gasteiger partial charge in [0, 0.05) is 41.7 Å². The summed E-state index contributed by atoms with van der Waals surface area (Å²) < 4.78 is 33.3. The number of methoxy groups -OCH3 is 1. The third kappa shape index (κ3) is 9.23. The third-order valence-electron chi connectivity index (χ3n) is 6.94. The van der Waals surface area contributed by atoms with Crippen LogP contribution in [0, 0.1) is 0 Å². The maximum Gasteiger partial charge on any atom is 0.252 e. The van der Waals surface area contributed by atoms with Gasteiger partial charge in [0.25, 0.3) is 15.9 Å². The van der Waals surface area contributed by atoms with Crippen molar-refractivity contribution in [1.82, 2.24) is 14.9 Å². The molecule has 0 saturated carbocycles. The Labute approximate surface area is 256 Å². The van der Waals surface area contributed by atoms with Crippen molar-refractivity contribution < 1.29 is 22.7 Å². The number of hydrogen-bond donors (Lipinski definition) is 3. The third-order valence-corrected chi connectivity index (χ3v) is 10.4. The number of carbonyl (C=O) groups excluding carboxylic acids is 2.